The number of nitrogens with one attached hydrogen (secondary N) is 1. The standard InChI is InChI=1S/C19H20N2O/c1-3-7-17-18(15-8-5-4-6-9-15)19(22)20-21(17)16-12-10-14(2)11-13-16/h4-6,8-13H,3,7H2,1-2H3,(H,20,22). The van der Waals surface area contributed by atoms with Gasteiger partial charge in [-0.15, -0.1) is 0 Å². The van der Waals surface area contributed by atoms with Crippen LogP contribution in [0.3, 0.4) is 0 Å². The topological polar surface area (TPSA) is 37.8 Å². The van der Waals surface area contributed by atoms with Gasteiger partial charge in [-0.2, -0.15) is 0 Å². The lowest BCUT2D eigenvalue weighted by molar-refractivity contribution is 0.770. The van der Waals surface area contributed by atoms with Crippen LogP contribution in [0.5, 0.6) is 0 Å². The summed E-state index contributed by atoms with van der Waals surface area (Å²) >= 11 is 0. The third-order valence-electron chi connectivity index (χ3n) is 3.84. The van der Waals surface area contributed by atoms with Crippen molar-refractivity contribution in [2.45, 2.75) is 26.7 Å². The van der Waals surface area contributed by atoms with E-state index in [2.05, 4.69) is 31.1 Å². The first kappa shape index (κ1) is 14.4. The van der Waals surface area contributed by atoms with Crippen molar-refractivity contribution >= 4 is 0 Å². The van der Waals surface area contributed by atoms with Crippen molar-refractivity contribution in [1.82, 2.24) is 9.78 Å². The van der Waals surface area contributed by atoms with Crippen LogP contribution in [0.2, 0.25) is 0 Å². The molecule has 0 fully saturated rings. The van der Waals surface area contributed by atoms with Crippen LogP contribution in [0.4, 0.5) is 0 Å². The number of hydrogen-bond acceptors (Lipinski definition) is 1. The molecule has 3 aromatic rings. The maximum absolute atomic E-state index is 12.5. The monoisotopic (exact) mass is 292 g/mol. The van der Waals surface area contributed by atoms with E-state index in [4.69, 9.17) is 0 Å². The molecule has 2 aromatic carbocycles. The van der Waals surface area contributed by atoms with Crippen LogP contribution in [0.25, 0.3) is 16.8 Å². The molecule has 112 valence electrons. The fourth-order valence-electron chi connectivity index (χ4n) is 2.76. The molecule has 0 saturated carbocycles. The van der Waals surface area contributed by atoms with Gasteiger partial charge in [0.2, 0.25) is 0 Å². The molecule has 0 spiro atoms. The van der Waals surface area contributed by atoms with Crippen molar-refractivity contribution in [3.05, 3.63) is 76.2 Å². The van der Waals surface area contributed by atoms with Gasteiger partial charge in [0.1, 0.15) is 0 Å². The number of aromatic nitrogens is 2. The molecular weight excluding hydrogens is 272 g/mol. The van der Waals surface area contributed by atoms with Gasteiger partial charge in [0, 0.05) is 0 Å². The predicted molar refractivity (Wildman–Crippen MR) is 90.6 cm³/mol. The highest BCUT2D eigenvalue weighted by molar-refractivity contribution is 5.66. The smallest absolute Gasteiger partial charge is 0.267 e. The average molecular weight is 292 g/mol. The van der Waals surface area contributed by atoms with E-state index in [1.54, 1.807) is 0 Å². The van der Waals surface area contributed by atoms with Gasteiger partial charge in [0.05, 0.1) is 16.9 Å². The van der Waals surface area contributed by atoms with Crippen LogP contribution in [0, 0.1) is 6.92 Å². The number of rotatable bonds is 4. The summed E-state index contributed by atoms with van der Waals surface area (Å²) < 4.78 is 1.92. The van der Waals surface area contributed by atoms with E-state index < -0.39 is 0 Å². The Hall–Kier alpha value is -2.55. The molecular formula is C19H20N2O. The van der Waals surface area contributed by atoms with Crippen LogP contribution in [-0.2, 0) is 6.42 Å². The highest BCUT2D eigenvalue weighted by Crippen LogP contribution is 2.23. The summed E-state index contributed by atoms with van der Waals surface area (Å²) in [6.45, 7) is 4.19. The van der Waals surface area contributed by atoms with E-state index in [0.29, 0.717) is 0 Å². The Balaban J connectivity index is 2.20. The number of benzene rings is 2. The van der Waals surface area contributed by atoms with Crippen molar-refractivity contribution < 1.29 is 0 Å². The summed E-state index contributed by atoms with van der Waals surface area (Å²) in [6.07, 6.45) is 1.85. The number of aryl methyl sites for hydroxylation is 1. The summed E-state index contributed by atoms with van der Waals surface area (Å²) in [4.78, 5) is 12.5. The second kappa shape index (κ2) is 6.06. The van der Waals surface area contributed by atoms with Gasteiger partial charge in [-0.3, -0.25) is 14.6 Å². The Bertz CT molecular complexity index is 811. The molecule has 1 heterocycles. The van der Waals surface area contributed by atoms with Crippen LogP contribution in [-0.4, -0.2) is 9.78 Å². The molecule has 0 saturated heterocycles. The Morgan fingerprint density at radius 1 is 1.00 bits per heavy atom. The van der Waals surface area contributed by atoms with Gasteiger partial charge in [0.15, 0.2) is 0 Å². The lowest BCUT2D eigenvalue weighted by Crippen LogP contribution is -2.05. The fourth-order valence-corrected chi connectivity index (χ4v) is 2.76. The van der Waals surface area contributed by atoms with Gasteiger partial charge in [-0.1, -0.05) is 61.4 Å². The zero-order chi connectivity index (χ0) is 15.5. The molecule has 0 atom stereocenters. The largest absolute Gasteiger partial charge is 0.272 e. The molecule has 3 rings (SSSR count). The first-order chi connectivity index (χ1) is 10.7. The van der Waals surface area contributed by atoms with Crippen molar-refractivity contribution in [2.75, 3.05) is 0 Å². The number of nitrogens with zero attached hydrogens (tertiary/aromatic N) is 1. The predicted octanol–water partition coefficient (Wildman–Crippen LogP) is 4.09. The van der Waals surface area contributed by atoms with E-state index >= 15 is 0 Å². The highest BCUT2D eigenvalue weighted by atomic mass is 16.1. The zero-order valence-electron chi connectivity index (χ0n) is 13.0. The molecule has 22 heavy (non-hydrogen) atoms. The summed E-state index contributed by atoms with van der Waals surface area (Å²) in [7, 11) is 0. The second-order valence-corrected chi connectivity index (χ2v) is 5.55. The summed E-state index contributed by atoms with van der Waals surface area (Å²) in [5.41, 5.74) is 4.96. The first-order valence-electron chi connectivity index (χ1n) is 7.67. The zero-order valence-corrected chi connectivity index (χ0v) is 13.0. The molecule has 0 radical (unpaired) electrons. The maximum Gasteiger partial charge on any atom is 0.272 e. The van der Waals surface area contributed by atoms with E-state index in [0.717, 1.165) is 35.3 Å². The highest BCUT2D eigenvalue weighted by Gasteiger charge is 2.16. The third-order valence-corrected chi connectivity index (χ3v) is 3.84. The molecule has 0 unspecified atom stereocenters. The number of hydrogen-bond donors (Lipinski definition) is 1. The van der Waals surface area contributed by atoms with Crippen molar-refractivity contribution in [2.24, 2.45) is 0 Å². The quantitative estimate of drug-likeness (QED) is 0.772. The average Bonchev–Trinajstić information content (AvgIpc) is 2.86. The Morgan fingerprint density at radius 2 is 1.68 bits per heavy atom. The normalized spacial score (nSPS) is 10.8. The van der Waals surface area contributed by atoms with E-state index in [-0.39, 0.29) is 5.56 Å². The summed E-state index contributed by atoms with van der Waals surface area (Å²) in [5, 5.41) is 2.99. The van der Waals surface area contributed by atoms with E-state index in [1.807, 2.05) is 47.1 Å². The molecule has 0 bridgehead atoms. The number of H-pyrrole nitrogens is 1. The van der Waals surface area contributed by atoms with Gasteiger partial charge in [0.25, 0.3) is 5.56 Å². The summed E-state index contributed by atoms with van der Waals surface area (Å²) in [5.74, 6) is 0. The molecule has 0 amide bonds. The van der Waals surface area contributed by atoms with Crippen LogP contribution in [0.1, 0.15) is 24.6 Å². The van der Waals surface area contributed by atoms with Crippen LogP contribution >= 0.6 is 0 Å². The molecule has 1 N–H and O–H groups in total. The Labute approximate surface area is 130 Å². The fraction of sp³-hybridized carbons (Fsp3) is 0.211. The van der Waals surface area contributed by atoms with Crippen molar-refractivity contribution in [3.8, 4) is 16.8 Å². The first-order valence-corrected chi connectivity index (χ1v) is 7.67. The SMILES string of the molecule is CCCc1c(-c2ccccc2)c(=O)[nH]n1-c1ccc(C)cc1. The lowest BCUT2D eigenvalue weighted by Gasteiger charge is -2.10. The Kier molecular flexibility index (Phi) is 3.96. The molecule has 3 heteroatoms. The second-order valence-electron chi connectivity index (χ2n) is 5.55. The minimum atomic E-state index is -0.0322. The lowest BCUT2D eigenvalue weighted by atomic mass is 10.0. The minimum Gasteiger partial charge on any atom is -0.267 e. The van der Waals surface area contributed by atoms with Crippen LogP contribution in [0.15, 0.2) is 59.4 Å². The van der Waals surface area contributed by atoms with Crippen molar-refractivity contribution in [3.63, 3.8) is 0 Å². The molecule has 0 aliphatic rings. The van der Waals surface area contributed by atoms with Gasteiger partial charge in [-0.05, 0) is 31.0 Å². The Morgan fingerprint density at radius 3 is 2.32 bits per heavy atom. The number of aromatic amines is 1. The third kappa shape index (κ3) is 2.62. The molecule has 1 aromatic heterocycles. The molecule has 0 aliphatic heterocycles. The van der Waals surface area contributed by atoms with Crippen LogP contribution < -0.4 is 5.56 Å². The van der Waals surface area contributed by atoms with Crippen molar-refractivity contribution in [1.29, 1.82) is 0 Å². The molecule has 0 aliphatic carbocycles. The van der Waals surface area contributed by atoms with Gasteiger partial charge < -0.3 is 0 Å². The van der Waals surface area contributed by atoms with E-state index in [1.165, 1.54) is 5.56 Å². The van der Waals surface area contributed by atoms with Gasteiger partial charge in [-0.25, -0.2) is 0 Å². The maximum atomic E-state index is 12.5. The van der Waals surface area contributed by atoms with E-state index in [9.17, 15) is 4.79 Å². The summed E-state index contributed by atoms with van der Waals surface area (Å²) in [6, 6.07) is 18.1. The van der Waals surface area contributed by atoms with Gasteiger partial charge >= 0.3 is 0 Å². The molecule has 3 nitrogen and oxygen atoms in total. The minimum absolute atomic E-state index is 0.0322.